The highest BCUT2D eigenvalue weighted by atomic mass is 16.5. The van der Waals surface area contributed by atoms with Crippen LogP contribution in [0.4, 0.5) is 5.69 Å². The Bertz CT molecular complexity index is 522. The summed E-state index contributed by atoms with van der Waals surface area (Å²) in [6.45, 7) is 4.29. The second kappa shape index (κ2) is 6.06. The maximum atomic E-state index is 12.2. The van der Waals surface area contributed by atoms with Crippen LogP contribution in [0.2, 0.25) is 0 Å². The molecule has 2 N–H and O–H groups in total. The van der Waals surface area contributed by atoms with E-state index in [0.29, 0.717) is 13.2 Å². The molecule has 1 atom stereocenters. The zero-order chi connectivity index (χ0) is 14.7. The fraction of sp³-hybridized carbons (Fsp3) is 0.588. The average molecular weight is 288 g/mol. The number of amides is 1. The number of benzene rings is 1. The van der Waals surface area contributed by atoms with E-state index in [1.807, 2.05) is 6.92 Å². The normalized spacial score (nSPS) is 24.2. The van der Waals surface area contributed by atoms with Gasteiger partial charge in [0.25, 0.3) is 5.91 Å². The number of ether oxygens (including phenoxy) is 1. The summed E-state index contributed by atoms with van der Waals surface area (Å²) in [4.78, 5) is 12.2. The molecule has 0 bridgehead atoms. The molecule has 0 saturated carbocycles. The summed E-state index contributed by atoms with van der Waals surface area (Å²) in [5, 5.41) is 6.52. The first-order valence-corrected chi connectivity index (χ1v) is 7.96. The minimum atomic E-state index is -0.617. The molecule has 114 valence electrons. The number of fused-ring (bicyclic) bond motifs is 1. The van der Waals surface area contributed by atoms with Crippen molar-refractivity contribution in [3.05, 3.63) is 29.3 Å². The molecule has 0 spiro atoms. The molecule has 21 heavy (non-hydrogen) atoms. The van der Waals surface area contributed by atoms with Gasteiger partial charge in [-0.05, 0) is 50.2 Å². The first kappa shape index (κ1) is 14.4. The number of para-hydroxylation sites is 1. The van der Waals surface area contributed by atoms with E-state index in [-0.39, 0.29) is 5.91 Å². The molecular weight excluding hydrogens is 264 g/mol. The molecule has 3 rings (SSSR count). The number of carbonyl (C=O) groups excluding carboxylic acids is 1. The number of hydrogen-bond donors (Lipinski definition) is 2. The highest BCUT2D eigenvalue weighted by Gasteiger charge is 2.37. The standard InChI is InChI=1S/C17H24N2O2/c1-17(9-4-12-21-17)16(20)19-11-8-14-6-2-5-13-7-3-10-18-15(13)14/h2,5-6,18H,3-4,7-12H2,1H3,(H,19,20). The second-order valence-electron chi connectivity index (χ2n) is 6.17. The lowest BCUT2D eigenvalue weighted by molar-refractivity contribution is -0.139. The summed E-state index contributed by atoms with van der Waals surface area (Å²) in [6, 6.07) is 6.46. The second-order valence-corrected chi connectivity index (χ2v) is 6.17. The van der Waals surface area contributed by atoms with Gasteiger partial charge in [0, 0.05) is 25.4 Å². The molecule has 0 aromatic heterocycles. The smallest absolute Gasteiger partial charge is 0.251 e. The van der Waals surface area contributed by atoms with Crippen molar-refractivity contribution < 1.29 is 9.53 Å². The molecule has 2 aliphatic rings. The Labute approximate surface area is 126 Å². The maximum Gasteiger partial charge on any atom is 0.251 e. The van der Waals surface area contributed by atoms with Crippen LogP contribution in [0.15, 0.2) is 18.2 Å². The van der Waals surface area contributed by atoms with Crippen LogP contribution in [0.1, 0.15) is 37.3 Å². The topological polar surface area (TPSA) is 50.4 Å². The Morgan fingerprint density at radius 2 is 2.33 bits per heavy atom. The minimum absolute atomic E-state index is 0.0257. The first-order valence-electron chi connectivity index (χ1n) is 7.96. The zero-order valence-corrected chi connectivity index (χ0v) is 12.7. The Balaban J connectivity index is 1.57. The lowest BCUT2D eigenvalue weighted by Gasteiger charge is -2.23. The van der Waals surface area contributed by atoms with Gasteiger partial charge < -0.3 is 15.4 Å². The van der Waals surface area contributed by atoms with Gasteiger partial charge in [0.2, 0.25) is 0 Å². The van der Waals surface area contributed by atoms with Crippen LogP contribution >= 0.6 is 0 Å². The number of carbonyl (C=O) groups is 1. The minimum Gasteiger partial charge on any atom is -0.385 e. The number of aryl methyl sites for hydroxylation is 1. The largest absolute Gasteiger partial charge is 0.385 e. The van der Waals surface area contributed by atoms with Crippen LogP contribution in [-0.2, 0) is 22.4 Å². The van der Waals surface area contributed by atoms with E-state index < -0.39 is 5.60 Å². The summed E-state index contributed by atoms with van der Waals surface area (Å²) in [5.74, 6) is 0.0257. The lowest BCUT2D eigenvalue weighted by Crippen LogP contribution is -2.44. The average Bonchev–Trinajstić information content (AvgIpc) is 2.95. The van der Waals surface area contributed by atoms with Gasteiger partial charge in [0.05, 0.1) is 0 Å². The van der Waals surface area contributed by atoms with Crippen molar-refractivity contribution in [3.8, 4) is 0 Å². The number of nitrogens with one attached hydrogen (secondary N) is 2. The predicted octanol–water partition coefficient (Wildman–Crippen LogP) is 2.27. The van der Waals surface area contributed by atoms with Gasteiger partial charge >= 0.3 is 0 Å². The van der Waals surface area contributed by atoms with Crippen LogP contribution in [0.3, 0.4) is 0 Å². The van der Waals surface area contributed by atoms with E-state index in [2.05, 4.69) is 28.8 Å². The molecule has 0 radical (unpaired) electrons. The third-order valence-corrected chi connectivity index (χ3v) is 4.54. The van der Waals surface area contributed by atoms with Gasteiger partial charge in [0.15, 0.2) is 0 Å². The molecule has 2 heterocycles. The van der Waals surface area contributed by atoms with E-state index in [1.54, 1.807) is 0 Å². The van der Waals surface area contributed by atoms with E-state index in [0.717, 1.165) is 32.2 Å². The monoisotopic (exact) mass is 288 g/mol. The van der Waals surface area contributed by atoms with Crippen molar-refractivity contribution >= 4 is 11.6 Å². The Morgan fingerprint density at radius 3 is 3.14 bits per heavy atom. The quantitative estimate of drug-likeness (QED) is 0.893. The Hall–Kier alpha value is -1.55. The highest BCUT2D eigenvalue weighted by Crippen LogP contribution is 2.27. The number of hydrogen-bond acceptors (Lipinski definition) is 3. The molecule has 2 aliphatic heterocycles. The summed E-state index contributed by atoms with van der Waals surface area (Å²) in [6.07, 6.45) is 5.00. The Kier molecular flexibility index (Phi) is 4.15. The summed E-state index contributed by atoms with van der Waals surface area (Å²) in [7, 11) is 0. The van der Waals surface area contributed by atoms with Crippen LogP contribution < -0.4 is 10.6 Å². The lowest BCUT2D eigenvalue weighted by atomic mass is 9.97. The van der Waals surface area contributed by atoms with Gasteiger partial charge in [-0.1, -0.05) is 18.2 Å². The van der Waals surface area contributed by atoms with Gasteiger partial charge in [-0.15, -0.1) is 0 Å². The van der Waals surface area contributed by atoms with E-state index in [9.17, 15) is 4.79 Å². The van der Waals surface area contributed by atoms with Gasteiger partial charge in [-0.3, -0.25) is 4.79 Å². The van der Waals surface area contributed by atoms with Gasteiger partial charge in [-0.25, -0.2) is 0 Å². The molecule has 1 saturated heterocycles. The van der Waals surface area contributed by atoms with Crippen molar-refractivity contribution in [2.24, 2.45) is 0 Å². The number of anilines is 1. The van der Waals surface area contributed by atoms with Crippen LogP contribution in [0.25, 0.3) is 0 Å². The first-order chi connectivity index (χ1) is 10.2. The fourth-order valence-electron chi connectivity index (χ4n) is 3.25. The fourth-order valence-corrected chi connectivity index (χ4v) is 3.25. The molecule has 1 amide bonds. The maximum absolute atomic E-state index is 12.2. The van der Waals surface area contributed by atoms with Crippen LogP contribution in [0.5, 0.6) is 0 Å². The number of rotatable bonds is 4. The molecule has 1 aromatic rings. The molecule has 1 fully saturated rings. The molecule has 0 aliphatic carbocycles. The van der Waals surface area contributed by atoms with Crippen LogP contribution in [0, 0.1) is 0 Å². The van der Waals surface area contributed by atoms with Crippen molar-refractivity contribution in [2.45, 2.75) is 44.6 Å². The third-order valence-electron chi connectivity index (χ3n) is 4.54. The van der Waals surface area contributed by atoms with E-state index >= 15 is 0 Å². The van der Waals surface area contributed by atoms with Gasteiger partial charge in [-0.2, -0.15) is 0 Å². The van der Waals surface area contributed by atoms with Crippen LogP contribution in [-0.4, -0.2) is 31.2 Å². The molecule has 4 nitrogen and oxygen atoms in total. The molecule has 4 heteroatoms. The van der Waals surface area contributed by atoms with Crippen molar-refractivity contribution in [1.82, 2.24) is 5.32 Å². The zero-order valence-electron chi connectivity index (χ0n) is 12.7. The third kappa shape index (κ3) is 3.05. The Morgan fingerprint density at radius 1 is 1.43 bits per heavy atom. The SMILES string of the molecule is CC1(C(=O)NCCc2cccc3c2NCCC3)CCCO1. The molecule has 1 aromatic carbocycles. The van der Waals surface area contributed by atoms with E-state index in [4.69, 9.17) is 4.74 Å². The van der Waals surface area contributed by atoms with Crippen molar-refractivity contribution in [1.29, 1.82) is 0 Å². The predicted molar refractivity (Wildman–Crippen MR) is 83.6 cm³/mol. The highest BCUT2D eigenvalue weighted by molar-refractivity contribution is 5.85. The van der Waals surface area contributed by atoms with Crippen molar-refractivity contribution in [3.63, 3.8) is 0 Å². The van der Waals surface area contributed by atoms with Gasteiger partial charge in [0.1, 0.15) is 5.60 Å². The molecular formula is C17H24N2O2. The summed E-state index contributed by atoms with van der Waals surface area (Å²) >= 11 is 0. The molecule has 1 unspecified atom stereocenters. The van der Waals surface area contributed by atoms with E-state index in [1.165, 1.54) is 23.2 Å². The summed E-state index contributed by atoms with van der Waals surface area (Å²) < 4.78 is 5.57. The summed E-state index contributed by atoms with van der Waals surface area (Å²) in [5.41, 5.74) is 3.36. The van der Waals surface area contributed by atoms with Crippen molar-refractivity contribution in [2.75, 3.05) is 25.0 Å².